The molecule has 1 fully saturated rings. The van der Waals surface area contributed by atoms with E-state index in [1.165, 1.54) is 12.1 Å². The van der Waals surface area contributed by atoms with Crippen LogP contribution in [0.5, 0.6) is 0 Å². The second kappa shape index (κ2) is 9.11. The zero-order chi connectivity index (χ0) is 19.2. The summed E-state index contributed by atoms with van der Waals surface area (Å²) in [5.41, 5.74) is 3.19. The van der Waals surface area contributed by atoms with Crippen molar-refractivity contribution < 1.29 is 9.18 Å². The van der Waals surface area contributed by atoms with Crippen molar-refractivity contribution in [3.8, 4) is 0 Å². The first kappa shape index (κ1) is 19.5. The summed E-state index contributed by atoms with van der Waals surface area (Å²) in [6.45, 7) is 8.16. The van der Waals surface area contributed by atoms with Crippen molar-refractivity contribution in [2.24, 2.45) is 0 Å². The molecule has 1 aliphatic heterocycles. The highest BCUT2D eigenvalue weighted by molar-refractivity contribution is 5.93. The van der Waals surface area contributed by atoms with Crippen LogP contribution in [0.1, 0.15) is 31.0 Å². The number of rotatable bonds is 6. The second-order valence-corrected chi connectivity index (χ2v) is 7.10. The number of hydrogen-bond acceptors (Lipinski definition) is 3. The normalized spacial score (nSPS) is 16.9. The average molecular weight is 369 g/mol. The van der Waals surface area contributed by atoms with E-state index in [1.807, 2.05) is 36.4 Å². The third-order valence-electron chi connectivity index (χ3n) is 5.35. The van der Waals surface area contributed by atoms with Crippen LogP contribution in [0.25, 0.3) is 0 Å². The molecule has 1 atom stereocenters. The summed E-state index contributed by atoms with van der Waals surface area (Å²) in [5, 5.41) is 3.04. The Morgan fingerprint density at radius 3 is 2.41 bits per heavy atom. The number of para-hydroxylation sites is 1. The summed E-state index contributed by atoms with van der Waals surface area (Å²) in [7, 11) is 0. The highest BCUT2D eigenvalue weighted by Gasteiger charge is 2.23. The predicted molar refractivity (Wildman–Crippen MR) is 107 cm³/mol. The van der Waals surface area contributed by atoms with Gasteiger partial charge in [0.05, 0.1) is 6.54 Å². The van der Waals surface area contributed by atoms with E-state index in [-0.39, 0.29) is 17.8 Å². The first-order valence-corrected chi connectivity index (χ1v) is 9.66. The van der Waals surface area contributed by atoms with Crippen molar-refractivity contribution >= 4 is 11.6 Å². The fourth-order valence-electron chi connectivity index (χ4n) is 3.60. The molecule has 0 bridgehead atoms. The van der Waals surface area contributed by atoms with Crippen LogP contribution in [0.2, 0.25) is 0 Å². The fourth-order valence-corrected chi connectivity index (χ4v) is 3.60. The van der Waals surface area contributed by atoms with Gasteiger partial charge in [0.1, 0.15) is 5.82 Å². The first-order chi connectivity index (χ1) is 13.1. The van der Waals surface area contributed by atoms with Crippen LogP contribution in [0.15, 0.2) is 48.5 Å². The first-order valence-electron chi connectivity index (χ1n) is 9.66. The van der Waals surface area contributed by atoms with Crippen molar-refractivity contribution in [1.29, 1.82) is 0 Å². The molecule has 1 saturated heterocycles. The lowest BCUT2D eigenvalue weighted by molar-refractivity contribution is -0.117. The quantitative estimate of drug-likeness (QED) is 0.843. The summed E-state index contributed by atoms with van der Waals surface area (Å²) in [4.78, 5) is 17.0. The molecule has 0 radical (unpaired) electrons. The minimum Gasteiger partial charge on any atom is -0.325 e. The van der Waals surface area contributed by atoms with E-state index in [9.17, 15) is 9.18 Å². The minimum atomic E-state index is -0.202. The van der Waals surface area contributed by atoms with E-state index < -0.39 is 0 Å². The lowest BCUT2D eigenvalue weighted by atomic mass is 10.1. The monoisotopic (exact) mass is 369 g/mol. The third kappa shape index (κ3) is 5.15. The molecule has 3 rings (SSSR count). The Hall–Kier alpha value is -2.24. The number of aryl methyl sites for hydroxylation is 1. The maximum Gasteiger partial charge on any atom is 0.238 e. The number of nitrogens with zero attached hydrogens (tertiary/aromatic N) is 2. The molecule has 0 spiro atoms. The molecule has 144 valence electrons. The molecule has 2 aromatic carbocycles. The van der Waals surface area contributed by atoms with Crippen LogP contribution in [0, 0.1) is 5.82 Å². The zero-order valence-corrected chi connectivity index (χ0v) is 16.1. The Morgan fingerprint density at radius 2 is 1.74 bits per heavy atom. The number of carbonyl (C=O) groups excluding carboxylic acids is 1. The topological polar surface area (TPSA) is 35.6 Å². The number of anilines is 1. The van der Waals surface area contributed by atoms with E-state index in [0.717, 1.165) is 49.4 Å². The van der Waals surface area contributed by atoms with Gasteiger partial charge in [-0.2, -0.15) is 0 Å². The number of benzene rings is 2. The Morgan fingerprint density at radius 1 is 1.07 bits per heavy atom. The van der Waals surface area contributed by atoms with Gasteiger partial charge in [0.2, 0.25) is 5.91 Å². The number of nitrogens with one attached hydrogen (secondary N) is 1. The summed E-state index contributed by atoms with van der Waals surface area (Å²) < 4.78 is 13.1. The average Bonchev–Trinajstić information content (AvgIpc) is 2.69. The van der Waals surface area contributed by atoms with Gasteiger partial charge in [-0.05, 0) is 42.7 Å². The van der Waals surface area contributed by atoms with E-state index in [2.05, 4.69) is 29.0 Å². The lowest BCUT2D eigenvalue weighted by Gasteiger charge is -2.38. The number of piperazine rings is 1. The fraction of sp³-hybridized carbons (Fsp3) is 0.409. The van der Waals surface area contributed by atoms with Crippen LogP contribution in [-0.2, 0) is 11.2 Å². The highest BCUT2D eigenvalue weighted by atomic mass is 19.1. The second-order valence-electron chi connectivity index (χ2n) is 7.10. The molecule has 0 unspecified atom stereocenters. The Bertz CT molecular complexity index is 754. The Balaban J connectivity index is 1.49. The van der Waals surface area contributed by atoms with Gasteiger partial charge < -0.3 is 5.32 Å². The van der Waals surface area contributed by atoms with Crippen molar-refractivity contribution in [3.63, 3.8) is 0 Å². The van der Waals surface area contributed by atoms with E-state index in [1.54, 1.807) is 0 Å². The molecular formula is C22H28FN3O. The summed E-state index contributed by atoms with van der Waals surface area (Å²) in [5.74, 6) is -0.164. The number of halogens is 1. The van der Waals surface area contributed by atoms with Gasteiger partial charge in [-0.1, -0.05) is 37.3 Å². The molecule has 0 aromatic heterocycles. The summed E-state index contributed by atoms with van der Waals surface area (Å²) >= 11 is 0. The van der Waals surface area contributed by atoms with Gasteiger partial charge in [0.15, 0.2) is 0 Å². The molecule has 1 aliphatic rings. The molecule has 2 aromatic rings. The largest absolute Gasteiger partial charge is 0.325 e. The van der Waals surface area contributed by atoms with Gasteiger partial charge >= 0.3 is 0 Å². The third-order valence-corrected chi connectivity index (χ3v) is 5.35. The molecule has 1 amide bonds. The van der Waals surface area contributed by atoms with Crippen LogP contribution < -0.4 is 5.32 Å². The van der Waals surface area contributed by atoms with Crippen LogP contribution in [0.4, 0.5) is 10.1 Å². The molecule has 0 saturated carbocycles. The minimum absolute atomic E-state index is 0.0379. The lowest BCUT2D eigenvalue weighted by Crippen LogP contribution is -2.49. The molecule has 0 aliphatic carbocycles. The van der Waals surface area contributed by atoms with Crippen molar-refractivity contribution in [2.75, 3.05) is 38.0 Å². The van der Waals surface area contributed by atoms with Gasteiger partial charge in [-0.25, -0.2) is 4.39 Å². The number of hydrogen-bond donors (Lipinski definition) is 1. The molecular weight excluding hydrogens is 341 g/mol. The number of carbonyl (C=O) groups is 1. The SMILES string of the molecule is CCc1ccccc1NC(=O)CN1CCN([C@@H](C)c2ccc(F)cc2)CC1. The predicted octanol–water partition coefficient (Wildman–Crippen LogP) is 3.71. The molecule has 5 heteroatoms. The zero-order valence-electron chi connectivity index (χ0n) is 16.1. The molecule has 1 heterocycles. The van der Waals surface area contributed by atoms with E-state index >= 15 is 0 Å². The Kier molecular flexibility index (Phi) is 6.58. The maximum absolute atomic E-state index is 13.1. The van der Waals surface area contributed by atoms with Gasteiger partial charge in [-0.3, -0.25) is 14.6 Å². The maximum atomic E-state index is 13.1. The van der Waals surface area contributed by atoms with Crippen molar-refractivity contribution in [1.82, 2.24) is 9.80 Å². The number of amides is 1. The van der Waals surface area contributed by atoms with Crippen LogP contribution in [-0.4, -0.2) is 48.4 Å². The van der Waals surface area contributed by atoms with Gasteiger partial charge in [-0.15, -0.1) is 0 Å². The molecule has 4 nitrogen and oxygen atoms in total. The smallest absolute Gasteiger partial charge is 0.238 e. The van der Waals surface area contributed by atoms with Crippen molar-refractivity contribution in [2.45, 2.75) is 26.3 Å². The van der Waals surface area contributed by atoms with Gasteiger partial charge in [0.25, 0.3) is 0 Å². The van der Waals surface area contributed by atoms with Crippen LogP contribution in [0.3, 0.4) is 0 Å². The van der Waals surface area contributed by atoms with Crippen LogP contribution >= 0.6 is 0 Å². The standard InChI is InChI=1S/C22H28FN3O/c1-3-18-6-4-5-7-21(18)24-22(27)16-25-12-14-26(15-13-25)17(2)19-8-10-20(23)11-9-19/h4-11,17H,3,12-16H2,1-2H3,(H,24,27)/t17-/m0/s1. The van der Waals surface area contributed by atoms with Gasteiger partial charge in [0, 0.05) is 37.9 Å². The van der Waals surface area contributed by atoms with Crippen molar-refractivity contribution in [3.05, 3.63) is 65.5 Å². The molecule has 1 N–H and O–H groups in total. The van der Waals surface area contributed by atoms with E-state index in [0.29, 0.717) is 6.54 Å². The summed E-state index contributed by atoms with van der Waals surface area (Å²) in [6, 6.07) is 14.9. The molecule has 27 heavy (non-hydrogen) atoms. The Labute approximate surface area is 161 Å². The van der Waals surface area contributed by atoms with E-state index in [4.69, 9.17) is 0 Å². The highest BCUT2D eigenvalue weighted by Crippen LogP contribution is 2.22. The summed E-state index contributed by atoms with van der Waals surface area (Å²) in [6.07, 6.45) is 0.899.